The normalized spacial score (nSPS) is 39.5. The number of H-pyrrole nitrogens is 1. The van der Waals surface area contributed by atoms with E-state index in [0.29, 0.717) is 11.3 Å². The van der Waals surface area contributed by atoms with Gasteiger partial charge in [0.15, 0.2) is 0 Å². The largest absolute Gasteiger partial charge is 0.197 e. The molecule has 0 unspecified atom stereocenters. The third-order valence-electron chi connectivity index (χ3n) is 4.65. The smallest absolute Gasteiger partial charge is 0.0924 e. The van der Waals surface area contributed by atoms with Gasteiger partial charge in [-0.15, -0.1) is 0 Å². The topological polar surface area (TPSA) is 41.6 Å². The second-order valence-electron chi connectivity index (χ2n) is 5.20. The molecule has 0 radical (unpaired) electrons. The van der Waals surface area contributed by atoms with Crippen molar-refractivity contribution >= 4 is 0 Å². The molecule has 2 bridgehead atoms. The maximum absolute atomic E-state index is 4.31. The fourth-order valence-electron chi connectivity index (χ4n) is 3.29. The van der Waals surface area contributed by atoms with Gasteiger partial charge in [0.25, 0.3) is 0 Å². The molecule has 3 nitrogen and oxygen atoms in total. The van der Waals surface area contributed by atoms with Crippen molar-refractivity contribution in [3.8, 4) is 0 Å². The molecule has 70 valence electrons. The van der Waals surface area contributed by atoms with Crippen LogP contribution in [0.25, 0.3) is 0 Å². The van der Waals surface area contributed by atoms with Gasteiger partial charge < -0.3 is 0 Å². The van der Waals surface area contributed by atoms with Gasteiger partial charge in [-0.25, -0.2) is 0 Å². The highest BCUT2D eigenvalue weighted by atomic mass is 15.3. The average Bonchev–Trinajstić information content (AvgIpc) is 2.63. The van der Waals surface area contributed by atoms with Gasteiger partial charge in [-0.05, 0) is 18.3 Å². The molecule has 1 heterocycles. The van der Waals surface area contributed by atoms with Gasteiger partial charge in [0.1, 0.15) is 0 Å². The molecule has 1 aromatic rings. The van der Waals surface area contributed by atoms with Crippen molar-refractivity contribution in [2.75, 3.05) is 0 Å². The van der Waals surface area contributed by atoms with Crippen molar-refractivity contribution in [2.24, 2.45) is 5.41 Å². The molecule has 3 heteroatoms. The van der Waals surface area contributed by atoms with Crippen LogP contribution in [0, 0.1) is 5.41 Å². The molecule has 2 aliphatic rings. The average molecular weight is 177 g/mol. The number of aromatic amines is 1. The van der Waals surface area contributed by atoms with E-state index in [9.17, 15) is 0 Å². The molecule has 0 aromatic carbocycles. The van der Waals surface area contributed by atoms with E-state index in [0.717, 1.165) is 0 Å². The standard InChI is InChI=1S/C10H15N3/c1-9(2)6-4-5-10(9,3)8-7(6)11-13-12-8/h6H,4-5H2,1-3H3,(H,11,12,13)/t6-,10+/m1/s1. The SMILES string of the molecule is CC1(C)[C@@H]2CC[C@@]1(C)c1n[nH]nc12. The minimum absolute atomic E-state index is 0.264. The third kappa shape index (κ3) is 0.578. The molecular formula is C10H15N3. The van der Waals surface area contributed by atoms with Gasteiger partial charge in [-0.2, -0.15) is 15.4 Å². The summed E-state index contributed by atoms with van der Waals surface area (Å²) in [6.07, 6.45) is 2.55. The zero-order chi connectivity index (χ0) is 9.27. The first-order chi connectivity index (χ1) is 6.07. The van der Waals surface area contributed by atoms with Crippen LogP contribution in [-0.4, -0.2) is 15.4 Å². The molecular weight excluding hydrogens is 162 g/mol. The highest BCUT2D eigenvalue weighted by Crippen LogP contribution is 2.66. The van der Waals surface area contributed by atoms with Crippen LogP contribution in [0.1, 0.15) is 50.9 Å². The van der Waals surface area contributed by atoms with Crippen molar-refractivity contribution < 1.29 is 0 Å². The number of nitrogens with zero attached hydrogens (tertiary/aromatic N) is 2. The number of hydrogen-bond acceptors (Lipinski definition) is 2. The van der Waals surface area contributed by atoms with E-state index in [1.54, 1.807) is 0 Å². The van der Waals surface area contributed by atoms with Crippen LogP contribution in [0.2, 0.25) is 0 Å². The maximum Gasteiger partial charge on any atom is 0.0924 e. The highest BCUT2D eigenvalue weighted by Gasteiger charge is 2.61. The fraction of sp³-hybridized carbons (Fsp3) is 0.800. The number of hydrogen-bond donors (Lipinski definition) is 1. The number of fused-ring (bicyclic) bond motifs is 5. The predicted molar refractivity (Wildman–Crippen MR) is 49.5 cm³/mol. The third-order valence-corrected chi connectivity index (χ3v) is 4.65. The maximum atomic E-state index is 4.31. The first-order valence-electron chi connectivity index (χ1n) is 4.98. The van der Waals surface area contributed by atoms with Crippen molar-refractivity contribution in [3.05, 3.63) is 11.4 Å². The quantitative estimate of drug-likeness (QED) is 0.658. The summed E-state index contributed by atoms with van der Waals surface area (Å²) in [4.78, 5) is 0. The summed E-state index contributed by atoms with van der Waals surface area (Å²) < 4.78 is 0. The number of rotatable bonds is 0. The molecule has 2 atom stereocenters. The van der Waals surface area contributed by atoms with Crippen LogP contribution in [0.15, 0.2) is 0 Å². The second-order valence-corrected chi connectivity index (χ2v) is 5.20. The molecule has 1 saturated carbocycles. The van der Waals surface area contributed by atoms with E-state index in [2.05, 4.69) is 36.2 Å². The van der Waals surface area contributed by atoms with E-state index in [1.165, 1.54) is 24.2 Å². The Balaban J connectivity index is 2.30. The summed E-state index contributed by atoms with van der Waals surface area (Å²) >= 11 is 0. The molecule has 2 aliphatic carbocycles. The summed E-state index contributed by atoms with van der Waals surface area (Å²) in [5.74, 6) is 0.631. The van der Waals surface area contributed by atoms with E-state index in [4.69, 9.17) is 0 Å². The number of aromatic nitrogens is 3. The van der Waals surface area contributed by atoms with Crippen LogP contribution in [0.5, 0.6) is 0 Å². The van der Waals surface area contributed by atoms with E-state index < -0.39 is 0 Å². The minimum atomic E-state index is 0.264. The summed E-state index contributed by atoms with van der Waals surface area (Å²) in [5.41, 5.74) is 3.08. The van der Waals surface area contributed by atoms with E-state index in [-0.39, 0.29) is 5.41 Å². The molecule has 0 saturated heterocycles. The lowest BCUT2D eigenvalue weighted by Crippen LogP contribution is -2.32. The second kappa shape index (κ2) is 1.81. The number of nitrogens with one attached hydrogen (secondary N) is 1. The molecule has 1 fully saturated rings. The molecule has 0 aliphatic heterocycles. The van der Waals surface area contributed by atoms with Crippen molar-refractivity contribution in [1.29, 1.82) is 0 Å². The monoisotopic (exact) mass is 177 g/mol. The lowest BCUT2D eigenvalue weighted by molar-refractivity contribution is 0.223. The summed E-state index contributed by atoms with van der Waals surface area (Å²) in [6.45, 7) is 7.05. The first-order valence-corrected chi connectivity index (χ1v) is 4.98. The summed E-state index contributed by atoms with van der Waals surface area (Å²) in [5, 5.41) is 11.4. The van der Waals surface area contributed by atoms with Gasteiger partial charge in [0.05, 0.1) is 11.4 Å². The first kappa shape index (κ1) is 7.54. The Hall–Kier alpha value is -0.860. The van der Waals surface area contributed by atoms with Crippen LogP contribution in [-0.2, 0) is 5.41 Å². The Morgan fingerprint density at radius 3 is 2.77 bits per heavy atom. The lowest BCUT2D eigenvalue weighted by Gasteiger charge is -2.33. The zero-order valence-electron chi connectivity index (χ0n) is 8.39. The van der Waals surface area contributed by atoms with E-state index in [1.807, 2.05) is 0 Å². The molecule has 13 heavy (non-hydrogen) atoms. The molecule has 1 N–H and O–H groups in total. The zero-order valence-corrected chi connectivity index (χ0v) is 8.39. The summed E-state index contributed by atoms with van der Waals surface area (Å²) in [6, 6.07) is 0. The van der Waals surface area contributed by atoms with Gasteiger partial charge >= 0.3 is 0 Å². The van der Waals surface area contributed by atoms with Crippen LogP contribution in [0.3, 0.4) is 0 Å². The van der Waals surface area contributed by atoms with Gasteiger partial charge in [0, 0.05) is 11.3 Å². The van der Waals surface area contributed by atoms with Crippen LogP contribution >= 0.6 is 0 Å². The van der Waals surface area contributed by atoms with Gasteiger partial charge in [-0.1, -0.05) is 20.8 Å². The Kier molecular flexibility index (Phi) is 1.05. The van der Waals surface area contributed by atoms with E-state index >= 15 is 0 Å². The Labute approximate surface area is 77.9 Å². The predicted octanol–water partition coefficient (Wildman–Crippen LogP) is 1.98. The Morgan fingerprint density at radius 1 is 1.31 bits per heavy atom. The van der Waals surface area contributed by atoms with Crippen LogP contribution < -0.4 is 0 Å². The Morgan fingerprint density at radius 2 is 2.08 bits per heavy atom. The molecule has 3 rings (SSSR count). The van der Waals surface area contributed by atoms with Gasteiger partial charge in [-0.3, -0.25) is 0 Å². The minimum Gasteiger partial charge on any atom is -0.197 e. The Bertz CT molecular complexity index is 366. The molecule has 0 spiro atoms. The van der Waals surface area contributed by atoms with Crippen molar-refractivity contribution in [3.63, 3.8) is 0 Å². The van der Waals surface area contributed by atoms with Crippen molar-refractivity contribution in [2.45, 2.75) is 44.9 Å². The highest BCUT2D eigenvalue weighted by molar-refractivity contribution is 5.40. The fourth-order valence-corrected chi connectivity index (χ4v) is 3.29. The van der Waals surface area contributed by atoms with Gasteiger partial charge in [0.2, 0.25) is 0 Å². The van der Waals surface area contributed by atoms with Crippen LogP contribution in [0.4, 0.5) is 0 Å². The molecule has 1 aromatic heterocycles. The van der Waals surface area contributed by atoms with Crippen molar-refractivity contribution in [1.82, 2.24) is 15.4 Å². The molecule has 0 amide bonds. The summed E-state index contributed by atoms with van der Waals surface area (Å²) in [7, 11) is 0. The lowest BCUT2D eigenvalue weighted by atomic mass is 9.70.